The number of hydrogen-bond donors (Lipinski definition) is 1. The molecule has 3 atom stereocenters. The van der Waals surface area contributed by atoms with E-state index in [9.17, 15) is 0 Å². The van der Waals surface area contributed by atoms with E-state index in [1.54, 1.807) is 0 Å². The van der Waals surface area contributed by atoms with Crippen LogP contribution in [0.5, 0.6) is 0 Å². The highest BCUT2D eigenvalue weighted by molar-refractivity contribution is 4.94. The van der Waals surface area contributed by atoms with Crippen molar-refractivity contribution < 1.29 is 0 Å². The number of hydrogen-bond acceptors (Lipinski definition) is 2. The number of likely N-dealkylation sites (tertiary alicyclic amines) is 1. The quantitative estimate of drug-likeness (QED) is 0.725. The third-order valence-electron chi connectivity index (χ3n) is 4.04. The van der Waals surface area contributed by atoms with E-state index in [-0.39, 0.29) is 5.54 Å². The minimum atomic E-state index is 0.226. The van der Waals surface area contributed by atoms with Crippen LogP contribution in [-0.2, 0) is 0 Å². The largest absolute Gasteiger partial charge is 0.329 e. The predicted octanol–water partition coefficient (Wildman–Crippen LogP) is 1.84. The number of nitrogens with zero attached hydrogens (tertiary/aromatic N) is 1. The molecule has 0 aliphatic carbocycles. The lowest BCUT2D eigenvalue weighted by Crippen LogP contribution is -2.53. The zero-order chi connectivity index (χ0) is 10.1. The van der Waals surface area contributed by atoms with Gasteiger partial charge in [-0.15, -0.1) is 0 Å². The second-order valence-electron chi connectivity index (χ2n) is 4.75. The summed E-state index contributed by atoms with van der Waals surface area (Å²) in [4.78, 5) is 2.59. The molecule has 1 aliphatic rings. The Bertz CT molecular complexity index is 163. The van der Waals surface area contributed by atoms with Crippen LogP contribution in [-0.4, -0.2) is 29.6 Å². The van der Waals surface area contributed by atoms with Gasteiger partial charge >= 0.3 is 0 Å². The standard InChI is InChI=1S/C11H24N2/c1-5-11(4,8-12)13-7-6-9(2)10(13)3/h9-10H,5-8,12H2,1-4H3. The first kappa shape index (κ1) is 11.0. The summed E-state index contributed by atoms with van der Waals surface area (Å²) in [6, 6.07) is 0.702. The van der Waals surface area contributed by atoms with Crippen molar-refractivity contribution in [2.45, 2.75) is 52.1 Å². The van der Waals surface area contributed by atoms with Crippen LogP contribution in [0.15, 0.2) is 0 Å². The Hall–Kier alpha value is -0.0800. The molecule has 2 heteroatoms. The summed E-state index contributed by atoms with van der Waals surface area (Å²) in [5, 5.41) is 0. The molecule has 0 saturated carbocycles. The predicted molar refractivity (Wildman–Crippen MR) is 57.7 cm³/mol. The van der Waals surface area contributed by atoms with Crippen molar-refractivity contribution in [2.24, 2.45) is 11.7 Å². The van der Waals surface area contributed by atoms with Crippen molar-refractivity contribution >= 4 is 0 Å². The zero-order valence-corrected chi connectivity index (χ0v) is 9.51. The average Bonchev–Trinajstić information content (AvgIpc) is 2.47. The van der Waals surface area contributed by atoms with Crippen molar-refractivity contribution in [3.63, 3.8) is 0 Å². The van der Waals surface area contributed by atoms with E-state index in [1.165, 1.54) is 13.0 Å². The summed E-state index contributed by atoms with van der Waals surface area (Å²) >= 11 is 0. The van der Waals surface area contributed by atoms with Crippen molar-refractivity contribution in [3.05, 3.63) is 0 Å². The highest BCUT2D eigenvalue weighted by Crippen LogP contribution is 2.31. The topological polar surface area (TPSA) is 29.3 Å². The lowest BCUT2D eigenvalue weighted by Gasteiger charge is -2.41. The van der Waals surface area contributed by atoms with E-state index in [0.717, 1.165) is 18.9 Å². The first-order valence-corrected chi connectivity index (χ1v) is 5.52. The van der Waals surface area contributed by atoms with Crippen molar-refractivity contribution in [1.82, 2.24) is 4.90 Å². The second-order valence-corrected chi connectivity index (χ2v) is 4.75. The van der Waals surface area contributed by atoms with Gasteiger partial charge in [0.15, 0.2) is 0 Å². The summed E-state index contributed by atoms with van der Waals surface area (Å²) in [6.45, 7) is 11.2. The van der Waals surface area contributed by atoms with Crippen LogP contribution in [0.2, 0.25) is 0 Å². The second kappa shape index (κ2) is 3.97. The van der Waals surface area contributed by atoms with Crippen molar-refractivity contribution in [2.75, 3.05) is 13.1 Å². The van der Waals surface area contributed by atoms with Gasteiger partial charge in [0.2, 0.25) is 0 Å². The summed E-state index contributed by atoms with van der Waals surface area (Å²) in [5.74, 6) is 0.831. The molecule has 3 unspecified atom stereocenters. The Labute approximate surface area is 82.5 Å². The van der Waals surface area contributed by atoms with Gasteiger partial charge in [-0.25, -0.2) is 0 Å². The van der Waals surface area contributed by atoms with Crippen LogP contribution in [0.3, 0.4) is 0 Å². The Balaban J connectivity index is 2.70. The Morgan fingerprint density at radius 3 is 2.38 bits per heavy atom. The van der Waals surface area contributed by atoms with Gasteiger partial charge in [0, 0.05) is 18.1 Å². The molecule has 1 fully saturated rings. The molecule has 1 heterocycles. The fourth-order valence-corrected chi connectivity index (χ4v) is 2.32. The molecule has 2 N–H and O–H groups in total. The third-order valence-corrected chi connectivity index (χ3v) is 4.04. The van der Waals surface area contributed by atoms with Crippen LogP contribution in [0.4, 0.5) is 0 Å². The summed E-state index contributed by atoms with van der Waals surface area (Å²) in [7, 11) is 0. The van der Waals surface area contributed by atoms with Crippen LogP contribution in [0, 0.1) is 5.92 Å². The Morgan fingerprint density at radius 1 is 1.46 bits per heavy atom. The van der Waals surface area contributed by atoms with Crippen LogP contribution in [0.25, 0.3) is 0 Å². The van der Waals surface area contributed by atoms with E-state index in [1.807, 2.05) is 0 Å². The maximum atomic E-state index is 5.86. The third kappa shape index (κ3) is 1.89. The van der Waals surface area contributed by atoms with Crippen LogP contribution < -0.4 is 5.73 Å². The number of rotatable bonds is 3. The normalized spacial score (nSPS) is 34.8. The molecule has 0 spiro atoms. The minimum Gasteiger partial charge on any atom is -0.329 e. The molecule has 2 nitrogen and oxygen atoms in total. The summed E-state index contributed by atoms with van der Waals surface area (Å²) < 4.78 is 0. The van der Waals surface area contributed by atoms with Crippen LogP contribution >= 0.6 is 0 Å². The summed E-state index contributed by atoms with van der Waals surface area (Å²) in [6.07, 6.45) is 2.48. The summed E-state index contributed by atoms with van der Waals surface area (Å²) in [5.41, 5.74) is 6.09. The first-order valence-electron chi connectivity index (χ1n) is 5.52. The monoisotopic (exact) mass is 184 g/mol. The smallest absolute Gasteiger partial charge is 0.0303 e. The molecular weight excluding hydrogens is 160 g/mol. The average molecular weight is 184 g/mol. The Kier molecular flexibility index (Phi) is 3.36. The molecule has 0 aromatic carbocycles. The van der Waals surface area contributed by atoms with E-state index in [4.69, 9.17) is 5.73 Å². The van der Waals surface area contributed by atoms with E-state index >= 15 is 0 Å². The molecule has 0 radical (unpaired) electrons. The zero-order valence-electron chi connectivity index (χ0n) is 9.51. The molecule has 1 rings (SSSR count). The molecule has 1 saturated heterocycles. The van der Waals surface area contributed by atoms with Gasteiger partial charge in [0.25, 0.3) is 0 Å². The fraction of sp³-hybridized carbons (Fsp3) is 1.00. The minimum absolute atomic E-state index is 0.226. The maximum Gasteiger partial charge on any atom is 0.0303 e. The molecule has 78 valence electrons. The van der Waals surface area contributed by atoms with Gasteiger partial charge in [-0.05, 0) is 39.2 Å². The lowest BCUT2D eigenvalue weighted by atomic mass is 9.94. The van der Waals surface area contributed by atoms with E-state index < -0.39 is 0 Å². The van der Waals surface area contributed by atoms with Gasteiger partial charge in [0.05, 0.1) is 0 Å². The highest BCUT2D eigenvalue weighted by Gasteiger charge is 2.38. The molecule has 0 amide bonds. The van der Waals surface area contributed by atoms with E-state index in [2.05, 4.69) is 32.6 Å². The van der Waals surface area contributed by atoms with Crippen molar-refractivity contribution in [3.8, 4) is 0 Å². The molecule has 1 aliphatic heterocycles. The molecular formula is C11H24N2. The van der Waals surface area contributed by atoms with Gasteiger partial charge in [-0.1, -0.05) is 13.8 Å². The fourth-order valence-electron chi connectivity index (χ4n) is 2.32. The molecule has 0 bridgehead atoms. The Morgan fingerprint density at radius 2 is 2.08 bits per heavy atom. The highest BCUT2D eigenvalue weighted by atomic mass is 15.2. The van der Waals surface area contributed by atoms with E-state index in [0.29, 0.717) is 6.04 Å². The lowest BCUT2D eigenvalue weighted by molar-refractivity contribution is 0.0907. The van der Waals surface area contributed by atoms with Crippen LogP contribution in [0.1, 0.15) is 40.5 Å². The SMILES string of the molecule is CCC(C)(CN)N1CCC(C)C1C. The maximum absolute atomic E-state index is 5.86. The first-order chi connectivity index (χ1) is 6.05. The van der Waals surface area contributed by atoms with Crippen molar-refractivity contribution in [1.29, 1.82) is 0 Å². The van der Waals surface area contributed by atoms with Gasteiger partial charge in [-0.3, -0.25) is 4.90 Å². The molecule has 0 aromatic rings. The van der Waals surface area contributed by atoms with Gasteiger partial charge < -0.3 is 5.73 Å². The molecule has 13 heavy (non-hydrogen) atoms. The number of nitrogens with two attached hydrogens (primary N) is 1. The molecule has 0 aromatic heterocycles. The van der Waals surface area contributed by atoms with Gasteiger partial charge in [-0.2, -0.15) is 0 Å². The van der Waals surface area contributed by atoms with Gasteiger partial charge in [0.1, 0.15) is 0 Å².